The lowest BCUT2D eigenvalue weighted by Gasteiger charge is -2.36. The average Bonchev–Trinajstić information content (AvgIpc) is 2.92. The molecule has 3 heterocycles. The largest absolute Gasteiger partial charge is 0.381 e. The highest BCUT2D eigenvalue weighted by atomic mass is 32.1. The fraction of sp³-hybridized carbons (Fsp3) is 0.800. The number of anilines is 1. The second-order valence-electron chi connectivity index (χ2n) is 6.25. The zero-order chi connectivity index (χ0) is 16.3. The highest BCUT2D eigenvalue weighted by molar-refractivity contribution is 7.09. The molecule has 3 rings (SSSR count). The molecule has 1 amide bonds. The summed E-state index contributed by atoms with van der Waals surface area (Å²) in [6.45, 7) is 6.36. The maximum Gasteiger partial charge on any atom is 0.242 e. The Hall–Kier alpha value is -1.25. The van der Waals surface area contributed by atoms with Crippen molar-refractivity contribution in [3.05, 3.63) is 5.82 Å². The van der Waals surface area contributed by atoms with Crippen LogP contribution >= 0.6 is 11.5 Å². The molecule has 0 radical (unpaired) electrons. The van der Waals surface area contributed by atoms with E-state index >= 15 is 0 Å². The van der Waals surface area contributed by atoms with Crippen molar-refractivity contribution in [1.82, 2.24) is 14.3 Å². The third-order valence-electron chi connectivity index (χ3n) is 4.64. The molecular formula is C15H25N5O2S. The van der Waals surface area contributed by atoms with Gasteiger partial charge in [0.1, 0.15) is 5.82 Å². The number of hydrogen-bond acceptors (Lipinski definition) is 7. The molecule has 2 fully saturated rings. The summed E-state index contributed by atoms with van der Waals surface area (Å²) in [6, 6.07) is 0. The van der Waals surface area contributed by atoms with Crippen LogP contribution in [0.5, 0.6) is 0 Å². The van der Waals surface area contributed by atoms with Crippen LogP contribution in [0.1, 0.15) is 32.0 Å². The minimum atomic E-state index is -0.745. The van der Waals surface area contributed by atoms with Gasteiger partial charge >= 0.3 is 0 Å². The molecule has 0 atom stereocenters. The van der Waals surface area contributed by atoms with Gasteiger partial charge in [-0.05, 0) is 19.3 Å². The first kappa shape index (κ1) is 16.6. The number of nitrogens with zero attached hydrogens (tertiary/aromatic N) is 4. The SMILES string of the molecule is CCc1nsc(N2CCCN(C(=O)C3(N)CCOCC3)CC2)n1. The van der Waals surface area contributed by atoms with Crippen LogP contribution in [0.3, 0.4) is 0 Å². The predicted molar refractivity (Wildman–Crippen MR) is 89.7 cm³/mol. The molecule has 0 unspecified atom stereocenters. The van der Waals surface area contributed by atoms with E-state index in [1.54, 1.807) is 0 Å². The van der Waals surface area contributed by atoms with Gasteiger partial charge in [0.15, 0.2) is 0 Å². The molecule has 1 aromatic rings. The van der Waals surface area contributed by atoms with Crippen molar-refractivity contribution < 1.29 is 9.53 Å². The number of carbonyl (C=O) groups is 1. The summed E-state index contributed by atoms with van der Waals surface area (Å²) in [5.41, 5.74) is 5.60. The lowest BCUT2D eigenvalue weighted by atomic mass is 9.89. The van der Waals surface area contributed by atoms with Gasteiger partial charge in [0.2, 0.25) is 11.0 Å². The van der Waals surface area contributed by atoms with E-state index in [1.165, 1.54) is 11.5 Å². The number of hydrogen-bond donors (Lipinski definition) is 1. The topological polar surface area (TPSA) is 84.6 Å². The van der Waals surface area contributed by atoms with Crippen LogP contribution in [0.2, 0.25) is 0 Å². The molecule has 0 aliphatic carbocycles. The van der Waals surface area contributed by atoms with Crippen LogP contribution in [-0.2, 0) is 16.0 Å². The minimum absolute atomic E-state index is 0.0779. The van der Waals surface area contributed by atoms with Crippen LogP contribution in [0, 0.1) is 0 Å². The summed E-state index contributed by atoms with van der Waals surface area (Å²) in [7, 11) is 0. The minimum Gasteiger partial charge on any atom is -0.381 e. The highest BCUT2D eigenvalue weighted by Gasteiger charge is 2.39. The van der Waals surface area contributed by atoms with Crippen LogP contribution in [0.4, 0.5) is 5.13 Å². The second-order valence-corrected chi connectivity index (χ2v) is 6.98. The molecule has 8 heteroatoms. The molecule has 2 saturated heterocycles. The van der Waals surface area contributed by atoms with Crippen LogP contribution in [-0.4, -0.2) is 65.1 Å². The molecule has 2 aliphatic heterocycles. The number of amides is 1. The van der Waals surface area contributed by atoms with E-state index < -0.39 is 5.54 Å². The summed E-state index contributed by atoms with van der Waals surface area (Å²) in [5.74, 6) is 0.972. The predicted octanol–water partition coefficient (Wildman–Crippen LogP) is 0.647. The van der Waals surface area contributed by atoms with E-state index in [1.807, 2.05) is 4.90 Å². The average molecular weight is 339 g/mol. The van der Waals surface area contributed by atoms with Gasteiger partial charge in [0, 0.05) is 57.3 Å². The fourth-order valence-electron chi connectivity index (χ4n) is 3.09. The number of nitrogens with two attached hydrogens (primary N) is 1. The van der Waals surface area contributed by atoms with Gasteiger partial charge in [-0.2, -0.15) is 4.37 Å². The molecule has 0 bridgehead atoms. The molecule has 1 aromatic heterocycles. The molecule has 7 nitrogen and oxygen atoms in total. The van der Waals surface area contributed by atoms with E-state index in [4.69, 9.17) is 10.5 Å². The van der Waals surface area contributed by atoms with Gasteiger partial charge in [0.05, 0.1) is 5.54 Å². The second kappa shape index (κ2) is 7.11. The standard InChI is InChI=1S/C15H25N5O2S/c1-2-12-17-14(23-18-12)20-7-3-6-19(8-9-20)13(21)15(16)4-10-22-11-5-15/h2-11,16H2,1H3. The number of aromatic nitrogens is 2. The van der Waals surface area contributed by atoms with Gasteiger partial charge in [-0.25, -0.2) is 4.98 Å². The van der Waals surface area contributed by atoms with E-state index in [2.05, 4.69) is 21.2 Å². The highest BCUT2D eigenvalue weighted by Crippen LogP contribution is 2.23. The Morgan fingerprint density at radius 2 is 2.09 bits per heavy atom. The maximum atomic E-state index is 12.8. The maximum absolute atomic E-state index is 12.8. The van der Waals surface area contributed by atoms with Gasteiger partial charge in [-0.15, -0.1) is 0 Å². The third kappa shape index (κ3) is 3.64. The summed E-state index contributed by atoms with van der Waals surface area (Å²) in [4.78, 5) is 21.5. The summed E-state index contributed by atoms with van der Waals surface area (Å²) >= 11 is 1.45. The first-order valence-electron chi connectivity index (χ1n) is 8.36. The molecule has 23 heavy (non-hydrogen) atoms. The lowest BCUT2D eigenvalue weighted by Crippen LogP contribution is -2.58. The van der Waals surface area contributed by atoms with E-state index in [9.17, 15) is 4.79 Å². The van der Waals surface area contributed by atoms with Gasteiger partial charge in [-0.3, -0.25) is 4.79 Å². The van der Waals surface area contributed by atoms with Crippen LogP contribution in [0.25, 0.3) is 0 Å². The van der Waals surface area contributed by atoms with E-state index in [-0.39, 0.29) is 5.91 Å². The Kier molecular flexibility index (Phi) is 5.13. The van der Waals surface area contributed by atoms with Crippen molar-refractivity contribution in [2.24, 2.45) is 5.73 Å². The first-order chi connectivity index (χ1) is 11.1. The van der Waals surface area contributed by atoms with E-state index in [0.717, 1.165) is 43.4 Å². The fourth-order valence-corrected chi connectivity index (χ4v) is 3.89. The summed E-state index contributed by atoms with van der Waals surface area (Å²) in [6.07, 6.45) is 3.01. The molecule has 128 valence electrons. The summed E-state index contributed by atoms with van der Waals surface area (Å²) in [5, 5.41) is 0.963. The van der Waals surface area contributed by atoms with Crippen molar-refractivity contribution >= 4 is 22.6 Å². The number of ether oxygens (including phenoxy) is 1. The van der Waals surface area contributed by atoms with Gasteiger partial charge < -0.3 is 20.3 Å². The molecule has 0 saturated carbocycles. The number of aryl methyl sites for hydroxylation is 1. The monoisotopic (exact) mass is 339 g/mol. The van der Waals surface area contributed by atoms with Crippen molar-refractivity contribution in [2.75, 3.05) is 44.3 Å². The Bertz CT molecular complexity index is 544. The van der Waals surface area contributed by atoms with Crippen molar-refractivity contribution in [2.45, 2.75) is 38.1 Å². The van der Waals surface area contributed by atoms with E-state index in [0.29, 0.717) is 32.6 Å². The van der Waals surface area contributed by atoms with Crippen LogP contribution in [0.15, 0.2) is 0 Å². The Morgan fingerprint density at radius 3 is 2.78 bits per heavy atom. The zero-order valence-electron chi connectivity index (χ0n) is 13.7. The van der Waals surface area contributed by atoms with Crippen molar-refractivity contribution in [1.29, 1.82) is 0 Å². The number of carbonyl (C=O) groups excluding carboxylic acids is 1. The normalized spacial score (nSPS) is 22.0. The van der Waals surface area contributed by atoms with Gasteiger partial charge in [0.25, 0.3) is 0 Å². The molecule has 0 aromatic carbocycles. The van der Waals surface area contributed by atoms with Crippen molar-refractivity contribution in [3.63, 3.8) is 0 Å². The third-order valence-corrected chi connectivity index (χ3v) is 5.45. The summed E-state index contributed by atoms with van der Waals surface area (Å²) < 4.78 is 9.70. The number of rotatable bonds is 3. The Labute approximate surface area is 141 Å². The Balaban J connectivity index is 1.62. The molecule has 2 N–H and O–H groups in total. The quantitative estimate of drug-likeness (QED) is 0.870. The smallest absolute Gasteiger partial charge is 0.242 e. The Morgan fingerprint density at radius 1 is 1.30 bits per heavy atom. The van der Waals surface area contributed by atoms with Crippen molar-refractivity contribution in [3.8, 4) is 0 Å². The zero-order valence-corrected chi connectivity index (χ0v) is 14.5. The van der Waals surface area contributed by atoms with Crippen LogP contribution < -0.4 is 10.6 Å². The molecular weight excluding hydrogens is 314 g/mol. The first-order valence-corrected chi connectivity index (χ1v) is 9.13. The van der Waals surface area contributed by atoms with Gasteiger partial charge in [-0.1, -0.05) is 6.92 Å². The molecule has 0 spiro atoms. The lowest BCUT2D eigenvalue weighted by molar-refractivity contribution is -0.140. The molecule has 2 aliphatic rings.